The van der Waals surface area contributed by atoms with Crippen LogP contribution in [0.3, 0.4) is 0 Å². The van der Waals surface area contributed by atoms with Crippen molar-refractivity contribution in [3.05, 3.63) is 18.2 Å². The monoisotopic (exact) mass is 339 g/mol. The molecule has 1 aromatic carbocycles. The van der Waals surface area contributed by atoms with Crippen molar-refractivity contribution >= 4 is 23.8 Å². The van der Waals surface area contributed by atoms with Gasteiger partial charge in [-0.25, -0.2) is 0 Å². The van der Waals surface area contributed by atoms with Crippen molar-refractivity contribution in [2.45, 2.75) is 13.8 Å². The predicted octanol–water partition coefficient (Wildman–Crippen LogP) is 1.21. The first-order valence-corrected chi connectivity index (χ1v) is 7.47. The molecule has 0 spiro atoms. The Morgan fingerprint density at radius 1 is 1.21 bits per heavy atom. The Labute approximate surface area is 139 Å². The molecule has 0 saturated heterocycles. The third-order valence-corrected chi connectivity index (χ3v) is 2.75. The van der Waals surface area contributed by atoms with Gasteiger partial charge in [0.15, 0.2) is 5.92 Å². The number of aliphatic hydroxyl groups excluding tert-OH is 1. The third kappa shape index (κ3) is 5.88. The van der Waals surface area contributed by atoms with Crippen molar-refractivity contribution in [2.75, 3.05) is 26.4 Å². The van der Waals surface area contributed by atoms with E-state index in [1.165, 1.54) is 18.2 Å². The molecule has 0 fully saturated rings. The maximum absolute atomic E-state index is 11.8. The van der Waals surface area contributed by atoms with Crippen LogP contribution >= 0.6 is 0 Å². The largest absolute Gasteiger partial charge is 0.506 e. The molecule has 0 aliphatic rings. The van der Waals surface area contributed by atoms with Gasteiger partial charge in [-0.2, -0.15) is 0 Å². The fourth-order valence-electron chi connectivity index (χ4n) is 1.70. The number of ether oxygens (including phenoxy) is 3. The van der Waals surface area contributed by atoms with Crippen LogP contribution in [0.15, 0.2) is 23.2 Å². The van der Waals surface area contributed by atoms with Crippen LogP contribution < -0.4 is 4.74 Å². The van der Waals surface area contributed by atoms with E-state index in [0.29, 0.717) is 5.75 Å². The highest BCUT2D eigenvalue weighted by Crippen LogP contribution is 2.30. The van der Waals surface area contributed by atoms with Gasteiger partial charge in [0.2, 0.25) is 0 Å². The zero-order valence-electron chi connectivity index (χ0n) is 13.6. The summed E-state index contributed by atoms with van der Waals surface area (Å²) in [5.74, 6) is -2.71. The van der Waals surface area contributed by atoms with Crippen molar-refractivity contribution in [3.8, 4) is 11.5 Å². The molecule has 8 heteroatoms. The zero-order valence-corrected chi connectivity index (χ0v) is 13.6. The summed E-state index contributed by atoms with van der Waals surface area (Å²) in [6.45, 7) is 3.41. The van der Waals surface area contributed by atoms with E-state index >= 15 is 0 Å². The van der Waals surface area contributed by atoms with E-state index in [1.807, 2.05) is 0 Å². The summed E-state index contributed by atoms with van der Waals surface area (Å²) in [5, 5.41) is 18.6. The molecule has 0 aromatic heterocycles. The summed E-state index contributed by atoms with van der Waals surface area (Å²) < 4.78 is 14.8. The van der Waals surface area contributed by atoms with Crippen LogP contribution in [0.4, 0.5) is 5.69 Å². The van der Waals surface area contributed by atoms with Crippen molar-refractivity contribution < 1.29 is 34.0 Å². The molecule has 24 heavy (non-hydrogen) atoms. The standard InChI is InChI=1S/C16H21NO7/c1-3-22-15(20)12(16(21)23-4-2)10-17-13-6-5-11(9-14(13)19)24-8-7-18/h5-6,9-10,12,18-19H,3-4,7-8H2,1-2H3. The number of rotatable bonds is 9. The lowest BCUT2D eigenvalue weighted by Crippen LogP contribution is -2.29. The number of aromatic hydroxyl groups is 1. The van der Waals surface area contributed by atoms with Crippen LogP contribution in [0.1, 0.15) is 13.8 Å². The molecule has 0 radical (unpaired) electrons. The molecule has 0 heterocycles. The van der Waals surface area contributed by atoms with Gasteiger partial charge in [0, 0.05) is 12.3 Å². The molecular formula is C16H21NO7. The third-order valence-electron chi connectivity index (χ3n) is 2.75. The van der Waals surface area contributed by atoms with Gasteiger partial charge < -0.3 is 24.4 Å². The fraction of sp³-hybridized carbons (Fsp3) is 0.438. The molecule has 1 rings (SSSR count). The second-order valence-corrected chi connectivity index (χ2v) is 4.48. The summed E-state index contributed by atoms with van der Waals surface area (Å²) in [5.41, 5.74) is 0.143. The molecule has 0 amide bonds. The molecule has 0 aliphatic heterocycles. The van der Waals surface area contributed by atoms with Gasteiger partial charge in [0.25, 0.3) is 0 Å². The Balaban J connectivity index is 2.92. The number of hydrogen-bond acceptors (Lipinski definition) is 8. The number of aliphatic hydroxyl groups is 1. The van der Waals surface area contributed by atoms with E-state index in [-0.39, 0.29) is 37.9 Å². The van der Waals surface area contributed by atoms with Crippen LogP contribution in [0.25, 0.3) is 0 Å². The summed E-state index contributed by atoms with van der Waals surface area (Å²) in [6.07, 6.45) is 1.07. The first-order chi connectivity index (χ1) is 11.5. The Morgan fingerprint density at radius 3 is 2.33 bits per heavy atom. The minimum atomic E-state index is -1.31. The summed E-state index contributed by atoms with van der Waals surface area (Å²) in [7, 11) is 0. The second kappa shape index (κ2) is 10.2. The molecular weight excluding hydrogens is 318 g/mol. The molecule has 0 aliphatic carbocycles. The maximum Gasteiger partial charge on any atom is 0.325 e. The second-order valence-electron chi connectivity index (χ2n) is 4.48. The smallest absolute Gasteiger partial charge is 0.325 e. The van der Waals surface area contributed by atoms with Gasteiger partial charge in [-0.3, -0.25) is 14.6 Å². The minimum Gasteiger partial charge on any atom is -0.506 e. The van der Waals surface area contributed by atoms with Crippen LogP contribution in [0.2, 0.25) is 0 Å². The lowest BCUT2D eigenvalue weighted by atomic mass is 10.1. The average molecular weight is 339 g/mol. The number of benzene rings is 1. The molecule has 0 saturated carbocycles. The highest BCUT2D eigenvalue weighted by atomic mass is 16.6. The highest BCUT2D eigenvalue weighted by molar-refractivity contribution is 6.09. The fourth-order valence-corrected chi connectivity index (χ4v) is 1.70. The predicted molar refractivity (Wildman–Crippen MR) is 85.6 cm³/mol. The van der Waals surface area contributed by atoms with Gasteiger partial charge in [0.1, 0.15) is 23.8 Å². The topological polar surface area (TPSA) is 115 Å². The summed E-state index contributed by atoms with van der Waals surface area (Å²) in [4.78, 5) is 27.6. The number of phenolic OH excluding ortho intramolecular Hbond substituents is 1. The maximum atomic E-state index is 11.8. The van der Waals surface area contributed by atoms with Gasteiger partial charge >= 0.3 is 11.9 Å². The molecule has 1 aromatic rings. The van der Waals surface area contributed by atoms with Crippen molar-refractivity contribution in [2.24, 2.45) is 10.9 Å². The van der Waals surface area contributed by atoms with Crippen molar-refractivity contribution in [3.63, 3.8) is 0 Å². The van der Waals surface area contributed by atoms with Crippen LogP contribution in [-0.4, -0.2) is 54.8 Å². The summed E-state index contributed by atoms with van der Waals surface area (Å²) >= 11 is 0. The lowest BCUT2D eigenvalue weighted by molar-refractivity contribution is -0.157. The number of carbonyl (C=O) groups excluding carboxylic acids is 2. The Bertz CT molecular complexity index is 568. The quantitative estimate of drug-likeness (QED) is 0.395. The van der Waals surface area contributed by atoms with Crippen molar-refractivity contribution in [1.29, 1.82) is 0 Å². The van der Waals surface area contributed by atoms with Gasteiger partial charge in [0.05, 0.1) is 19.8 Å². The van der Waals surface area contributed by atoms with E-state index in [1.54, 1.807) is 13.8 Å². The van der Waals surface area contributed by atoms with Crippen LogP contribution in [0, 0.1) is 5.92 Å². The van der Waals surface area contributed by atoms with Gasteiger partial charge in [-0.05, 0) is 26.0 Å². The zero-order chi connectivity index (χ0) is 17.9. The number of esters is 2. The Hall–Kier alpha value is -2.61. The van der Waals surface area contributed by atoms with Gasteiger partial charge in [-0.15, -0.1) is 0 Å². The van der Waals surface area contributed by atoms with E-state index < -0.39 is 17.9 Å². The number of carbonyl (C=O) groups is 2. The normalized spacial score (nSPS) is 10.8. The number of nitrogens with zero attached hydrogens (tertiary/aromatic N) is 1. The Morgan fingerprint density at radius 2 is 1.83 bits per heavy atom. The molecule has 2 N–H and O–H groups in total. The van der Waals surface area contributed by atoms with Gasteiger partial charge in [-0.1, -0.05) is 0 Å². The van der Waals surface area contributed by atoms with E-state index in [9.17, 15) is 14.7 Å². The number of aliphatic imine (C=N–C) groups is 1. The molecule has 0 atom stereocenters. The van der Waals surface area contributed by atoms with E-state index in [2.05, 4.69) is 4.99 Å². The Kier molecular flexibility index (Phi) is 8.28. The summed E-state index contributed by atoms with van der Waals surface area (Å²) in [6, 6.07) is 4.30. The molecule has 8 nitrogen and oxygen atoms in total. The molecule has 0 unspecified atom stereocenters. The first-order valence-electron chi connectivity index (χ1n) is 7.47. The first kappa shape index (κ1) is 19.4. The number of hydrogen-bond donors (Lipinski definition) is 2. The highest BCUT2D eigenvalue weighted by Gasteiger charge is 2.27. The van der Waals surface area contributed by atoms with E-state index in [0.717, 1.165) is 6.21 Å². The van der Waals surface area contributed by atoms with Crippen molar-refractivity contribution in [1.82, 2.24) is 0 Å². The molecule has 0 bridgehead atoms. The average Bonchev–Trinajstić information content (AvgIpc) is 2.55. The SMILES string of the molecule is CCOC(=O)C(C=Nc1ccc(OCCO)cc1O)C(=O)OCC. The molecule has 132 valence electrons. The van der Waals surface area contributed by atoms with Crippen LogP contribution in [0.5, 0.6) is 11.5 Å². The van der Waals surface area contributed by atoms with E-state index in [4.69, 9.17) is 19.3 Å². The lowest BCUT2D eigenvalue weighted by Gasteiger charge is -2.10. The number of phenols is 1. The van der Waals surface area contributed by atoms with Crippen LogP contribution in [-0.2, 0) is 19.1 Å². The minimum absolute atomic E-state index is 0.0931.